The zero-order valence-corrected chi connectivity index (χ0v) is 11.9. The van der Waals surface area contributed by atoms with Gasteiger partial charge in [-0.2, -0.15) is 0 Å². The van der Waals surface area contributed by atoms with Crippen LogP contribution in [-0.4, -0.2) is 34.5 Å². The second kappa shape index (κ2) is 5.52. The number of nitrogens with two attached hydrogens (primary N) is 1. The van der Waals surface area contributed by atoms with Gasteiger partial charge in [0.05, 0.1) is 17.4 Å². The van der Waals surface area contributed by atoms with Crippen LogP contribution >= 0.6 is 11.6 Å². The van der Waals surface area contributed by atoms with Crippen LogP contribution in [0.25, 0.3) is 10.9 Å². The van der Waals surface area contributed by atoms with Crippen molar-refractivity contribution in [2.24, 2.45) is 11.7 Å². The molecule has 2 heterocycles. The summed E-state index contributed by atoms with van der Waals surface area (Å²) >= 11 is 5.90. The van der Waals surface area contributed by atoms with Gasteiger partial charge in [-0.25, -0.2) is 4.98 Å². The molecule has 5 nitrogen and oxygen atoms in total. The van der Waals surface area contributed by atoms with Crippen LogP contribution < -0.4 is 11.3 Å². The molecule has 0 aliphatic carbocycles. The van der Waals surface area contributed by atoms with Crippen molar-refractivity contribution in [2.45, 2.75) is 13.0 Å². The molecule has 1 unspecified atom stereocenters. The molecule has 0 bridgehead atoms. The van der Waals surface area contributed by atoms with Gasteiger partial charge >= 0.3 is 0 Å². The van der Waals surface area contributed by atoms with Crippen molar-refractivity contribution in [2.75, 3.05) is 19.6 Å². The number of likely N-dealkylation sites (tertiary alicyclic amines) is 1. The van der Waals surface area contributed by atoms with Crippen LogP contribution in [0, 0.1) is 5.92 Å². The molecule has 1 aromatic carbocycles. The van der Waals surface area contributed by atoms with Crippen molar-refractivity contribution >= 4 is 22.5 Å². The van der Waals surface area contributed by atoms with E-state index in [1.807, 2.05) is 0 Å². The van der Waals surface area contributed by atoms with E-state index < -0.39 is 0 Å². The highest BCUT2D eigenvalue weighted by molar-refractivity contribution is 6.31. The van der Waals surface area contributed by atoms with E-state index in [9.17, 15) is 4.79 Å². The first-order valence-corrected chi connectivity index (χ1v) is 7.14. The number of nitrogens with one attached hydrogen (secondary N) is 1. The monoisotopic (exact) mass is 292 g/mol. The largest absolute Gasteiger partial charge is 0.330 e. The summed E-state index contributed by atoms with van der Waals surface area (Å²) in [7, 11) is 0. The summed E-state index contributed by atoms with van der Waals surface area (Å²) in [6, 6.07) is 5.18. The Morgan fingerprint density at radius 3 is 3.10 bits per heavy atom. The van der Waals surface area contributed by atoms with E-state index in [1.165, 1.54) is 0 Å². The summed E-state index contributed by atoms with van der Waals surface area (Å²) in [6.45, 7) is 3.35. The van der Waals surface area contributed by atoms with E-state index >= 15 is 0 Å². The van der Waals surface area contributed by atoms with Gasteiger partial charge in [-0.05, 0) is 43.6 Å². The summed E-state index contributed by atoms with van der Waals surface area (Å²) in [6.07, 6.45) is 1.12. The van der Waals surface area contributed by atoms with Crippen LogP contribution in [0.3, 0.4) is 0 Å². The van der Waals surface area contributed by atoms with Gasteiger partial charge < -0.3 is 10.7 Å². The van der Waals surface area contributed by atoms with Gasteiger partial charge in [0.1, 0.15) is 5.82 Å². The summed E-state index contributed by atoms with van der Waals surface area (Å²) in [4.78, 5) is 21.7. The first kappa shape index (κ1) is 13.5. The lowest BCUT2D eigenvalue weighted by molar-refractivity contribution is 0.310. The van der Waals surface area contributed by atoms with E-state index in [2.05, 4.69) is 14.9 Å². The number of hydrogen-bond acceptors (Lipinski definition) is 4. The number of benzene rings is 1. The molecule has 1 saturated heterocycles. The number of halogens is 1. The standard InChI is InChI=1S/C14H17ClN4O/c15-10-1-2-12-11(5-10)14(20)18-13(17-12)8-19-4-3-9(6-16)7-19/h1-2,5,9H,3-4,6-8,16H2,(H,17,18,20). The van der Waals surface area contributed by atoms with Crippen molar-refractivity contribution in [3.63, 3.8) is 0 Å². The second-order valence-electron chi connectivity index (χ2n) is 5.30. The third-order valence-corrected chi connectivity index (χ3v) is 4.03. The van der Waals surface area contributed by atoms with Crippen LogP contribution in [0.2, 0.25) is 5.02 Å². The quantitative estimate of drug-likeness (QED) is 0.896. The summed E-state index contributed by atoms with van der Waals surface area (Å²) in [5, 5.41) is 1.07. The van der Waals surface area contributed by atoms with E-state index in [-0.39, 0.29) is 5.56 Å². The number of aromatic amines is 1. The molecule has 1 atom stereocenters. The van der Waals surface area contributed by atoms with E-state index in [0.717, 1.165) is 26.1 Å². The molecule has 0 amide bonds. The van der Waals surface area contributed by atoms with Crippen molar-refractivity contribution in [3.05, 3.63) is 39.4 Å². The van der Waals surface area contributed by atoms with Crippen LogP contribution in [0.5, 0.6) is 0 Å². The van der Waals surface area contributed by atoms with E-state index in [4.69, 9.17) is 17.3 Å². The van der Waals surface area contributed by atoms with Crippen LogP contribution in [0.4, 0.5) is 0 Å². The molecule has 0 radical (unpaired) electrons. The number of nitrogens with zero attached hydrogens (tertiary/aromatic N) is 2. The summed E-state index contributed by atoms with van der Waals surface area (Å²) in [5.41, 5.74) is 6.24. The van der Waals surface area contributed by atoms with Gasteiger partial charge in [-0.1, -0.05) is 11.6 Å². The van der Waals surface area contributed by atoms with E-state index in [1.54, 1.807) is 18.2 Å². The average Bonchev–Trinajstić information content (AvgIpc) is 2.87. The third kappa shape index (κ3) is 2.70. The molecular weight excluding hydrogens is 276 g/mol. The van der Waals surface area contributed by atoms with Crippen molar-refractivity contribution < 1.29 is 0 Å². The molecule has 106 valence electrons. The Hall–Kier alpha value is -1.43. The molecule has 1 fully saturated rings. The smallest absolute Gasteiger partial charge is 0.258 e. The van der Waals surface area contributed by atoms with Gasteiger partial charge in [0.15, 0.2) is 0 Å². The van der Waals surface area contributed by atoms with Crippen LogP contribution in [0.1, 0.15) is 12.2 Å². The first-order chi connectivity index (χ1) is 9.65. The highest BCUT2D eigenvalue weighted by Gasteiger charge is 2.21. The molecule has 0 spiro atoms. The second-order valence-corrected chi connectivity index (χ2v) is 5.74. The lowest BCUT2D eigenvalue weighted by Gasteiger charge is -2.15. The minimum absolute atomic E-state index is 0.137. The molecule has 1 aliphatic rings. The molecule has 20 heavy (non-hydrogen) atoms. The van der Waals surface area contributed by atoms with Gasteiger partial charge in [0.25, 0.3) is 5.56 Å². The Morgan fingerprint density at radius 2 is 2.35 bits per heavy atom. The van der Waals surface area contributed by atoms with Crippen LogP contribution in [0.15, 0.2) is 23.0 Å². The number of rotatable bonds is 3. The fourth-order valence-electron chi connectivity index (χ4n) is 2.69. The summed E-state index contributed by atoms with van der Waals surface area (Å²) < 4.78 is 0. The zero-order valence-electron chi connectivity index (χ0n) is 11.1. The Bertz CT molecular complexity index is 684. The predicted molar refractivity (Wildman–Crippen MR) is 79.8 cm³/mol. The molecule has 3 rings (SSSR count). The first-order valence-electron chi connectivity index (χ1n) is 6.76. The fourth-order valence-corrected chi connectivity index (χ4v) is 2.87. The van der Waals surface area contributed by atoms with Crippen LogP contribution in [-0.2, 0) is 6.54 Å². The van der Waals surface area contributed by atoms with Crippen molar-refractivity contribution in [1.29, 1.82) is 0 Å². The SMILES string of the molecule is NCC1CCN(Cc2nc3ccc(Cl)cc3c(=O)[nH]2)C1. The summed E-state index contributed by atoms with van der Waals surface area (Å²) in [5.74, 6) is 1.25. The Balaban J connectivity index is 1.86. The van der Waals surface area contributed by atoms with E-state index in [0.29, 0.717) is 34.2 Å². The Kier molecular flexibility index (Phi) is 3.74. The third-order valence-electron chi connectivity index (χ3n) is 3.79. The fraction of sp³-hybridized carbons (Fsp3) is 0.429. The lowest BCUT2D eigenvalue weighted by atomic mass is 10.1. The normalized spacial score (nSPS) is 19.8. The molecule has 6 heteroatoms. The lowest BCUT2D eigenvalue weighted by Crippen LogP contribution is -2.25. The molecule has 2 aromatic rings. The minimum atomic E-state index is -0.137. The number of aromatic nitrogens is 2. The maximum Gasteiger partial charge on any atom is 0.258 e. The molecule has 1 aliphatic heterocycles. The Morgan fingerprint density at radius 1 is 1.50 bits per heavy atom. The molecular formula is C14H17ClN4O. The number of fused-ring (bicyclic) bond motifs is 1. The highest BCUT2D eigenvalue weighted by Crippen LogP contribution is 2.18. The maximum absolute atomic E-state index is 12.1. The zero-order chi connectivity index (χ0) is 14.1. The number of hydrogen-bond donors (Lipinski definition) is 2. The van der Waals surface area contributed by atoms with Gasteiger partial charge in [0.2, 0.25) is 0 Å². The number of H-pyrrole nitrogens is 1. The Labute approximate surface area is 121 Å². The topological polar surface area (TPSA) is 75.0 Å². The van der Waals surface area contributed by atoms with Gasteiger partial charge in [0, 0.05) is 11.6 Å². The molecule has 0 saturated carbocycles. The van der Waals surface area contributed by atoms with Gasteiger partial charge in [-0.3, -0.25) is 9.69 Å². The molecule has 3 N–H and O–H groups in total. The van der Waals surface area contributed by atoms with Crippen molar-refractivity contribution in [1.82, 2.24) is 14.9 Å². The predicted octanol–water partition coefficient (Wildman–Crippen LogP) is 1.36. The minimum Gasteiger partial charge on any atom is -0.330 e. The molecule has 1 aromatic heterocycles. The highest BCUT2D eigenvalue weighted by atomic mass is 35.5. The average molecular weight is 293 g/mol. The maximum atomic E-state index is 12.1. The van der Waals surface area contributed by atoms with Gasteiger partial charge in [-0.15, -0.1) is 0 Å². The van der Waals surface area contributed by atoms with Crippen molar-refractivity contribution in [3.8, 4) is 0 Å².